The second-order valence-corrected chi connectivity index (χ2v) is 31.5. The number of ketones is 1. The van der Waals surface area contributed by atoms with Crippen LogP contribution in [-0.4, -0.2) is 66.8 Å². The number of hydrogen-bond donors (Lipinski definition) is 0. The van der Waals surface area contributed by atoms with Crippen LogP contribution < -0.4 is 0 Å². The van der Waals surface area contributed by atoms with E-state index in [0.29, 0.717) is 36.2 Å². The Balaban J connectivity index is 0.000000604. The molecule has 0 aromatic heterocycles. The highest BCUT2D eigenvalue weighted by molar-refractivity contribution is 5.80. The summed E-state index contributed by atoms with van der Waals surface area (Å²) in [5, 5.41) is 0. The minimum absolute atomic E-state index is 0. The van der Waals surface area contributed by atoms with Crippen molar-refractivity contribution in [2.45, 2.75) is 470 Å². The van der Waals surface area contributed by atoms with Crippen molar-refractivity contribution >= 4 is 5.78 Å². The number of hydrogen-bond acceptors (Lipinski definition) is 6. The lowest BCUT2D eigenvalue weighted by molar-refractivity contribution is -0.173. The van der Waals surface area contributed by atoms with Crippen molar-refractivity contribution in [1.82, 2.24) is 4.90 Å². The number of rotatable bonds is 59. The van der Waals surface area contributed by atoms with Crippen molar-refractivity contribution in [1.29, 1.82) is 0 Å². The molecule has 580 valence electrons. The Bertz CT molecular complexity index is 1970. The highest BCUT2D eigenvalue weighted by Crippen LogP contribution is 2.48. The van der Waals surface area contributed by atoms with E-state index in [0.717, 1.165) is 82.5 Å². The number of allylic oxidation sites excluding steroid dienone is 16. The summed E-state index contributed by atoms with van der Waals surface area (Å²) < 4.78 is 27.2. The summed E-state index contributed by atoms with van der Waals surface area (Å²) >= 11 is 0. The lowest BCUT2D eigenvalue weighted by Crippen LogP contribution is -2.32. The van der Waals surface area contributed by atoms with Gasteiger partial charge in [0.25, 0.3) is 0 Å². The van der Waals surface area contributed by atoms with Gasteiger partial charge in [0.2, 0.25) is 0 Å². The van der Waals surface area contributed by atoms with E-state index in [4.69, 9.17) is 18.9 Å². The molecule has 7 atom stereocenters. The predicted molar refractivity (Wildman–Crippen MR) is 441 cm³/mol. The van der Waals surface area contributed by atoms with Gasteiger partial charge in [0, 0.05) is 44.6 Å². The minimum Gasteiger partial charge on any atom is -0.344 e. The molecule has 100 heavy (non-hydrogen) atoms. The SMILES string of the molecule is C.CCC1CCC(=O)C1.CCCCC/C=C\C/C=C\CCCCCCCC1OC2(CCC(CC)C2)OC1CCCCCCC/C=C\C/C=C\CCCCC.CCCCC/C=C\C/C=C\CCCCCCCC1OC2(CCC(N(C)C)C2)OC1CCCCCCC/C=C\C/C=C\CCCCC. The molecule has 0 radical (unpaired) electrons. The first-order valence-electron chi connectivity index (χ1n) is 43.7. The van der Waals surface area contributed by atoms with Crippen molar-refractivity contribution in [3.05, 3.63) is 97.2 Å². The molecule has 0 amide bonds. The molecule has 3 aliphatic carbocycles. The monoisotopic (exact) mass is 1390 g/mol. The first-order chi connectivity index (χ1) is 48.7. The zero-order valence-electron chi connectivity index (χ0n) is 67.0. The van der Waals surface area contributed by atoms with Gasteiger partial charge >= 0.3 is 0 Å². The quantitative estimate of drug-likeness (QED) is 0.0447. The Hall–Kier alpha value is -2.61. The lowest BCUT2D eigenvalue weighted by Gasteiger charge is -2.25. The molecule has 7 unspecified atom stereocenters. The molecule has 6 nitrogen and oxygen atoms in total. The number of carbonyl (C=O) groups excluding carboxylic acids is 1. The van der Waals surface area contributed by atoms with Crippen molar-refractivity contribution in [2.24, 2.45) is 11.8 Å². The van der Waals surface area contributed by atoms with Crippen molar-refractivity contribution in [3.63, 3.8) is 0 Å². The molecular formula is C94H169NO5. The maximum absolute atomic E-state index is 10.6. The molecule has 0 aromatic rings. The van der Waals surface area contributed by atoms with Crippen LogP contribution in [0.1, 0.15) is 428 Å². The van der Waals surface area contributed by atoms with Crippen LogP contribution in [0.15, 0.2) is 97.2 Å². The fourth-order valence-electron chi connectivity index (χ4n) is 15.5. The maximum atomic E-state index is 10.6. The third-order valence-corrected chi connectivity index (χ3v) is 22.2. The van der Waals surface area contributed by atoms with Gasteiger partial charge in [0.05, 0.1) is 24.4 Å². The molecule has 5 fully saturated rings. The van der Waals surface area contributed by atoms with Gasteiger partial charge in [-0.05, 0) is 199 Å². The van der Waals surface area contributed by atoms with Gasteiger partial charge in [0.1, 0.15) is 5.78 Å². The molecule has 5 aliphatic rings. The topological polar surface area (TPSA) is 57.2 Å². The van der Waals surface area contributed by atoms with Crippen LogP contribution in [0.4, 0.5) is 0 Å². The third-order valence-electron chi connectivity index (χ3n) is 22.2. The summed E-state index contributed by atoms with van der Waals surface area (Å²) in [5.74, 6) is 1.43. The first-order valence-corrected chi connectivity index (χ1v) is 43.7. The van der Waals surface area contributed by atoms with Crippen molar-refractivity contribution in [2.75, 3.05) is 14.1 Å². The molecular weight excluding hydrogens is 1220 g/mol. The number of nitrogens with zero attached hydrogens (tertiary/aromatic N) is 1. The summed E-state index contributed by atoms with van der Waals surface area (Å²) in [6.45, 7) is 13.6. The molecule has 0 N–H and O–H groups in total. The highest BCUT2D eigenvalue weighted by atomic mass is 16.8. The van der Waals surface area contributed by atoms with E-state index in [9.17, 15) is 4.79 Å². The van der Waals surface area contributed by atoms with Crippen LogP contribution in [-0.2, 0) is 23.7 Å². The summed E-state index contributed by atoms with van der Waals surface area (Å²) in [7, 11) is 4.41. The third kappa shape index (κ3) is 48.5. The van der Waals surface area contributed by atoms with Crippen LogP contribution in [0.2, 0.25) is 0 Å². The smallest absolute Gasteiger partial charge is 0.170 e. The minimum atomic E-state index is -0.307. The van der Waals surface area contributed by atoms with Gasteiger partial charge in [-0.25, -0.2) is 0 Å². The van der Waals surface area contributed by atoms with Gasteiger partial charge in [-0.2, -0.15) is 0 Å². The zero-order valence-corrected chi connectivity index (χ0v) is 67.0. The molecule has 5 rings (SSSR count). The summed E-state index contributed by atoms with van der Waals surface area (Å²) in [6.07, 6.45) is 113. The number of Topliss-reactive ketones (excluding diaryl/α,β-unsaturated/α-hetero) is 1. The Kier molecular flexibility index (Phi) is 61.6. The number of ether oxygens (including phenoxy) is 4. The van der Waals surface area contributed by atoms with E-state index in [2.05, 4.69) is 158 Å². The molecule has 2 saturated heterocycles. The Labute approximate surface area is 624 Å². The summed E-state index contributed by atoms with van der Waals surface area (Å²) in [4.78, 5) is 13.0. The van der Waals surface area contributed by atoms with E-state index < -0.39 is 0 Å². The van der Waals surface area contributed by atoms with Gasteiger partial charge in [0.15, 0.2) is 11.6 Å². The van der Waals surface area contributed by atoms with E-state index in [1.165, 1.54) is 308 Å². The molecule has 3 saturated carbocycles. The average molecular weight is 1390 g/mol. The van der Waals surface area contributed by atoms with Crippen LogP contribution in [0.5, 0.6) is 0 Å². The van der Waals surface area contributed by atoms with E-state index in [-0.39, 0.29) is 19.0 Å². The molecule has 2 aliphatic heterocycles. The van der Waals surface area contributed by atoms with Gasteiger partial charge in [-0.3, -0.25) is 4.79 Å². The van der Waals surface area contributed by atoms with Gasteiger partial charge in [-0.15, -0.1) is 0 Å². The molecule has 2 spiro atoms. The fourth-order valence-corrected chi connectivity index (χ4v) is 15.5. The zero-order chi connectivity index (χ0) is 71.1. The number of unbranched alkanes of at least 4 members (excludes halogenated alkanes) is 32. The lowest BCUT2D eigenvalue weighted by atomic mass is 9.99. The predicted octanol–water partition coefficient (Wildman–Crippen LogP) is 29.9. The summed E-state index contributed by atoms with van der Waals surface area (Å²) in [5.41, 5.74) is 0. The average Bonchev–Trinajstić information content (AvgIpc) is 1.64. The van der Waals surface area contributed by atoms with Crippen molar-refractivity contribution in [3.8, 4) is 0 Å². The normalized spacial score (nSPS) is 24.0. The second kappa shape index (κ2) is 65.9. The Morgan fingerprint density at radius 3 is 0.840 bits per heavy atom. The highest BCUT2D eigenvalue weighted by Gasteiger charge is 2.52. The molecule has 2 heterocycles. The summed E-state index contributed by atoms with van der Waals surface area (Å²) in [6, 6.07) is 0.589. The van der Waals surface area contributed by atoms with Crippen molar-refractivity contribution < 1.29 is 23.7 Å². The van der Waals surface area contributed by atoms with Gasteiger partial charge in [-0.1, -0.05) is 313 Å². The van der Waals surface area contributed by atoms with Crippen LogP contribution in [0.25, 0.3) is 0 Å². The largest absolute Gasteiger partial charge is 0.344 e. The second-order valence-electron chi connectivity index (χ2n) is 31.5. The van der Waals surface area contributed by atoms with E-state index >= 15 is 0 Å². The standard InChI is InChI=1S/C43H77NO2.C43H76O2.C7H12O.CH4/c1-5-7-9-11-13-15-17-19-21-23-25-27-29-31-33-35-41-42(46-43(45-41)38-37-40(39-43)44(3)4)36-34-32-30-28-26-24-22-20-18-16-14-12-10-8-6-2;1-4-7-9-11-13-15-17-19-21-23-25-27-29-31-33-35-41-42(45-43(44-41)38-37-40(6-3)39-43)36-34-32-30-28-26-24-22-20-18-16-14-12-10-8-5-2;1-2-6-3-4-7(8)5-6;/h13-16,19-22,40-42H,5-12,17-18,23-39H2,1-4H3;13-16,19-22,40-42H,4-12,17-18,23-39H2,1-3H3;6H,2-5H2,1H3;1H4/b2*15-13-,16-14-,21-19-,22-20-;;. The Morgan fingerprint density at radius 1 is 0.330 bits per heavy atom. The van der Waals surface area contributed by atoms with Crippen LogP contribution >= 0.6 is 0 Å². The first kappa shape index (κ1) is 93.5. The molecule has 0 bridgehead atoms. The van der Waals surface area contributed by atoms with E-state index in [1.807, 2.05) is 0 Å². The van der Waals surface area contributed by atoms with Crippen LogP contribution in [0, 0.1) is 11.8 Å². The molecule has 6 heteroatoms. The van der Waals surface area contributed by atoms with Gasteiger partial charge < -0.3 is 23.8 Å². The van der Waals surface area contributed by atoms with Crippen LogP contribution in [0.3, 0.4) is 0 Å². The molecule has 0 aromatic carbocycles. The Morgan fingerprint density at radius 2 is 0.600 bits per heavy atom. The fraction of sp³-hybridized carbons (Fsp3) is 0.819. The van der Waals surface area contributed by atoms with E-state index in [1.54, 1.807) is 0 Å². The number of carbonyl (C=O) groups is 1. The maximum Gasteiger partial charge on any atom is 0.170 e.